The summed E-state index contributed by atoms with van der Waals surface area (Å²) in [5, 5.41) is 18.0. The van der Waals surface area contributed by atoms with Gasteiger partial charge in [0.2, 0.25) is 10.0 Å². The third-order valence-corrected chi connectivity index (χ3v) is 7.68. The predicted molar refractivity (Wildman–Crippen MR) is 150 cm³/mol. The Morgan fingerprint density at radius 1 is 1.13 bits per heavy atom. The molecule has 206 valence electrons. The van der Waals surface area contributed by atoms with Gasteiger partial charge in [-0.25, -0.2) is 17.9 Å². The minimum absolute atomic E-state index is 0.144. The lowest BCUT2D eigenvalue weighted by Crippen LogP contribution is -2.44. The van der Waals surface area contributed by atoms with E-state index in [2.05, 4.69) is 42.2 Å². The van der Waals surface area contributed by atoms with Crippen LogP contribution in [0.2, 0.25) is 10.0 Å². The van der Waals surface area contributed by atoms with E-state index >= 15 is 0 Å². The summed E-state index contributed by atoms with van der Waals surface area (Å²) in [5.41, 5.74) is 0.268. The Morgan fingerprint density at radius 3 is 2.39 bits per heavy atom. The van der Waals surface area contributed by atoms with E-state index in [1.165, 1.54) is 0 Å². The van der Waals surface area contributed by atoms with Crippen molar-refractivity contribution in [1.29, 1.82) is 5.26 Å². The number of alkyl carbamates (subject to hydrolysis) is 1. The summed E-state index contributed by atoms with van der Waals surface area (Å²) in [7, 11) is -3.30. The van der Waals surface area contributed by atoms with Crippen molar-refractivity contribution in [1.82, 2.24) is 15.4 Å². The largest absolute Gasteiger partial charge is 0.430 e. The second kappa shape index (κ2) is 12.2. The number of carbonyl (C=O) groups is 1. The zero-order valence-corrected chi connectivity index (χ0v) is 24.3. The molecule has 1 fully saturated rings. The Balaban J connectivity index is 1.97. The molecule has 2 aromatic rings. The van der Waals surface area contributed by atoms with Gasteiger partial charge in [0, 0.05) is 29.2 Å². The highest BCUT2D eigenvalue weighted by atomic mass is 35.5. The monoisotopic (exact) mass is 580 g/mol. The van der Waals surface area contributed by atoms with Crippen LogP contribution in [0.25, 0.3) is 0 Å². The molecule has 0 aliphatic carbocycles. The molecule has 4 atom stereocenters. The molecule has 0 bridgehead atoms. The Kier molecular flexibility index (Phi) is 9.71. The SMILES string of the molecule is CC(C)(C)C[C@@H]1N[C@H](OC(=O)NCCCNS(C)(=O)=O)[C@H](c2cccc(Cl)c2)[C@@]1(C#N)c1ccc(Cl)cc1. The zero-order chi connectivity index (χ0) is 28.1. The van der Waals surface area contributed by atoms with Crippen LogP contribution in [0.4, 0.5) is 4.79 Å². The highest BCUT2D eigenvalue weighted by Crippen LogP contribution is 2.51. The first-order valence-electron chi connectivity index (χ1n) is 12.3. The molecule has 0 unspecified atom stereocenters. The van der Waals surface area contributed by atoms with Crippen LogP contribution in [-0.2, 0) is 20.2 Å². The number of hydrogen-bond donors (Lipinski definition) is 3. The molecule has 1 aliphatic rings. The summed E-state index contributed by atoms with van der Waals surface area (Å²) in [5.74, 6) is -0.586. The lowest BCUT2D eigenvalue weighted by Gasteiger charge is -2.37. The standard InChI is InChI=1S/C27H34Cl2N4O4S/c1-26(2,3)16-22-27(17-30,19-9-11-20(28)12-10-19)23(18-7-5-8-21(29)15-18)24(33-22)37-25(34)31-13-6-14-32-38(4,35)36/h5,7-12,15,22-24,32-33H,6,13-14,16H2,1-4H3,(H,31,34)/t22-,23-,24+,27-/m0/s1. The van der Waals surface area contributed by atoms with Crippen molar-refractivity contribution in [2.45, 2.75) is 57.2 Å². The zero-order valence-electron chi connectivity index (χ0n) is 21.9. The van der Waals surface area contributed by atoms with Gasteiger partial charge < -0.3 is 10.1 Å². The van der Waals surface area contributed by atoms with Crippen molar-refractivity contribution in [3.05, 3.63) is 69.7 Å². The molecule has 0 spiro atoms. The summed E-state index contributed by atoms with van der Waals surface area (Å²) in [4.78, 5) is 12.8. The number of nitrogens with one attached hydrogen (secondary N) is 3. The lowest BCUT2D eigenvalue weighted by molar-refractivity contribution is 0.0746. The van der Waals surface area contributed by atoms with Crippen LogP contribution in [0, 0.1) is 16.7 Å². The Morgan fingerprint density at radius 2 is 1.82 bits per heavy atom. The number of hydrogen-bond acceptors (Lipinski definition) is 6. The van der Waals surface area contributed by atoms with E-state index in [1.54, 1.807) is 24.3 Å². The maximum Gasteiger partial charge on any atom is 0.408 e. The van der Waals surface area contributed by atoms with Crippen molar-refractivity contribution in [3.8, 4) is 6.07 Å². The van der Waals surface area contributed by atoms with Gasteiger partial charge in [-0.1, -0.05) is 68.2 Å². The molecule has 0 saturated carbocycles. The molecule has 0 aromatic heterocycles. The first kappa shape index (κ1) is 30.2. The molecule has 8 nitrogen and oxygen atoms in total. The summed E-state index contributed by atoms with van der Waals surface area (Å²) in [6.45, 7) is 6.69. The maximum absolute atomic E-state index is 12.8. The summed E-state index contributed by atoms with van der Waals surface area (Å²) < 4.78 is 30.7. The highest BCUT2D eigenvalue weighted by Gasteiger charge is 2.59. The van der Waals surface area contributed by atoms with Crippen LogP contribution in [0.1, 0.15) is 50.7 Å². The number of nitrogens with zero attached hydrogens (tertiary/aromatic N) is 1. The molecule has 3 N–H and O–H groups in total. The van der Waals surface area contributed by atoms with E-state index in [-0.39, 0.29) is 24.5 Å². The molecule has 3 rings (SSSR count). The molecule has 1 amide bonds. The quantitative estimate of drug-likeness (QED) is 0.361. The summed E-state index contributed by atoms with van der Waals surface area (Å²) in [6, 6.07) is 16.7. The van der Waals surface area contributed by atoms with Crippen LogP contribution in [-0.4, -0.2) is 46.1 Å². The van der Waals surface area contributed by atoms with E-state index in [1.807, 2.05) is 24.3 Å². The van der Waals surface area contributed by atoms with Gasteiger partial charge in [0.1, 0.15) is 5.41 Å². The number of carbonyl (C=O) groups excluding carboxylic acids is 1. The fraction of sp³-hybridized carbons (Fsp3) is 0.481. The van der Waals surface area contributed by atoms with E-state index < -0.39 is 33.7 Å². The molecule has 1 saturated heterocycles. The van der Waals surface area contributed by atoms with E-state index in [4.69, 9.17) is 27.9 Å². The first-order valence-corrected chi connectivity index (χ1v) is 15.0. The second-order valence-corrected chi connectivity index (χ2v) is 13.5. The molecule has 2 aromatic carbocycles. The number of halogens is 2. The van der Waals surface area contributed by atoms with E-state index in [0.29, 0.717) is 22.9 Å². The molecule has 1 heterocycles. The Hall–Kier alpha value is -2.35. The minimum atomic E-state index is -3.30. The summed E-state index contributed by atoms with van der Waals surface area (Å²) >= 11 is 12.5. The topological polar surface area (TPSA) is 120 Å². The number of nitriles is 1. The van der Waals surface area contributed by atoms with Gasteiger partial charge in [-0.05, 0) is 53.6 Å². The number of amides is 1. The smallest absolute Gasteiger partial charge is 0.408 e. The van der Waals surface area contributed by atoms with Crippen LogP contribution >= 0.6 is 23.2 Å². The molecular weight excluding hydrogens is 547 g/mol. The van der Waals surface area contributed by atoms with Crippen LogP contribution in [0.3, 0.4) is 0 Å². The molecule has 11 heteroatoms. The third kappa shape index (κ3) is 7.61. The van der Waals surface area contributed by atoms with Gasteiger partial charge in [0.25, 0.3) is 0 Å². The van der Waals surface area contributed by atoms with Gasteiger partial charge in [-0.15, -0.1) is 0 Å². The third-order valence-electron chi connectivity index (χ3n) is 6.46. The lowest BCUT2D eigenvalue weighted by atomic mass is 9.64. The average molecular weight is 582 g/mol. The van der Waals surface area contributed by atoms with Gasteiger partial charge in [-0.3, -0.25) is 5.32 Å². The number of benzene rings is 2. The second-order valence-electron chi connectivity index (χ2n) is 10.8. The van der Waals surface area contributed by atoms with Crippen LogP contribution < -0.4 is 15.4 Å². The van der Waals surface area contributed by atoms with Crippen molar-refractivity contribution in [2.24, 2.45) is 5.41 Å². The minimum Gasteiger partial charge on any atom is -0.430 e. The van der Waals surface area contributed by atoms with Crippen molar-refractivity contribution >= 4 is 39.3 Å². The van der Waals surface area contributed by atoms with Crippen molar-refractivity contribution in [2.75, 3.05) is 19.3 Å². The van der Waals surface area contributed by atoms with Crippen LogP contribution in [0.15, 0.2) is 48.5 Å². The number of ether oxygens (including phenoxy) is 1. The Labute approximate surface area is 235 Å². The number of sulfonamides is 1. The molecule has 38 heavy (non-hydrogen) atoms. The average Bonchev–Trinajstić information content (AvgIpc) is 3.10. The molecule has 1 aliphatic heterocycles. The first-order chi connectivity index (χ1) is 17.7. The van der Waals surface area contributed by atoms with E-state index in [9.17, 15) is 18.5 Å². The summed E-state index contributed by atoms with van der Waals surface area (Å²) in [6.07, 6.45) is 0.571. The van der Waals surface area contributed by atoms with E-state index in [0.717, 1.165) is 17.4 Å². The highest BCUT2D eigenvalue weighted by molar-refractivity contribution is 7.88. The number of rotatable bonds is 9. The molecule has 0 radical (unpaired) electrons. The van der Waals surface area contributed by atoms with Crippen molar-refractivity contribution < 1.29 is 17.9 Å². The fourth-order valence-corrected chi connectivity index (χ4v) is 5.81. The normalized spacial score (nSPS) is 23.6. The van der Waals surface area contributed by atoms with Gasteiger partial charge >= 0.3 is 6.09 Å². The Bertz CT molecular complexity index is 1280. The van der Waals surface area contributed by atoms with Crippen LogP contribution in [0.5, 0.6) is 0 Å². The predicted octanol–water partition coefficient (Wildman–Crippen LogP) is 4.94. The van der Waals surface area contributed by atoms with Gasteiger partial charge in [-0.2, -0.15) is 5.26 Å². The fourth-order valence-electron chi connectivity index (χ4n) is 4.97. The molecular formula is C27H34Cl2N4O4S. The van der Waals surface area contributed by atoms with Crippen molar-refractivity contribution in [3.63, 3.8) is 0 Å². The van der Waals surface area contributed by atoms with Gasteiger partial charge in [0.15, 0.2) is 6.23 Å². The maximum atomic E-state index is 12.8. The van der Waals surface area contributed by atoms with Gasteiger partial charge in [0.05, 0.1) is 18.2 Å².